The van der Waals surface area contributed by atoms with E-state index in [0.717, 1.165) is 25.5 Å². The highest BCUT2D eigenvalue weighted by Crippen LogP contribution is 2.51. The van der Waals surface area contributed by atoms with Gasteiger partial charge in [-0.3, -0.25) is 9.48 Å². The maximum Gasteiger partial charge on any atom is 0.419 e. The number of rotatable bonds is 2. The number of hydrogen-bond donors (Lipinski definition) is 2. The predicted octanol–water partition coefficient (Wildman–Crippen LogP) is 1.53. The largest absolute Gasteiger partial charge is 0.419 e. The molecule has 1 saturated carbocycles. The first-order valence-corrected chi connectivity index (χ1v) is 9.63. The molecule has 6 rings (SSSR count). The highest BCUT2D eigenvalue weighted by Gasteiger charge is 2.52. The molecule has 0 aromatic carbocycles. The SMILES string of the molecule is O=C1CCC2(CN(C(=O)NCC34CC(Cc5c(C(F)(F)F)cnn5C3)C4)C2)N1. The molecule has 5 heterocycles. The van der Waals surface area contributed by atoms with Gasteiger partial charge in [-0.2, -0.15) is 18.3 Å². The maximum atomic E-state index is 13.2. The Morgan fingerprint density at radius 2 is 2.07 bits per heavy atom. The summed E-state index contributed by atoms with van der Waals surface area (Å²) >= 11 is 0. The van der Waals surface area contributed by atoms with E-state index in [0.29, 0.717) is 39.0 Å². The molecule has 5 aliphatic rings. The molecule has 0 unspecified atom stereocenters. The summed E-state index contributed by atoms with van der Waals surface area (Å²) in [7, 11) is 0. The lowest BCUT2D eigenvalue weighted by molar-refractivity contribution is -0.138. The van der Waals surface area contributed by atoms with Crippen molar-refractivity contribution in [1.82, 2.24) is 25.3 Å². The Labute approximate surface area is 159 Å². The van der Waals surface area contributed by atoms with E-state index in [1.165, 1.54) is 4.68 Å². The summed E-state index contributed by atoms with van der Waals surface area (Å²) in [5, 5.41) is 9.88. The van der Waals surface area contributed by atoms with Crippen molar-refractivity contribution >= 4 is 11.9 Å². The summed E-state index contributed by atoms with van der Waals surface area (Å²) in [6.45, 7) is 1.85. The third-order valence-corrected chi connectivity index (χ3v) is 6.79. The Balaban J connectivity index is 1.21. The Kier molecular flexibility index (Phi) is 3.59. The quantitative estimate of drug-likeness (QED) is 0.795. The normalized spacial score (nSPS) is 30.2. The summed E-state index contributed by atoms with van der Waals surface area (Å²) < 4.78 is 41.0. The topological polar surface area (TPSA) is 79.3 Å². The number of carbonyl (C=O) groups is 2. The number of nitrogens with one attached hydrogen (secondary N) is 2. The molecule has 1 spiro atoms. The standard InChI is InChI=1S/C18H22F3N5O2/c19-18(20,21)12-6-23-26-8-16(4-11(5-16)3-13(12)26)7-22-15(28)25-9-17(10-25)2-1-14(27)24-17/h6,11H,1-5,7-10H2,(H,22,28)(H,24,27). The third-order valence-electron chi connectivity index (χ3n) is 6.79. The first kappa shape index (κ1) is 17.8. The number of likely N-dealkylation sites (tertiary alicyclic amines) is 1. The third kappa shape index (κ3) is 2.76. The predicted molar refractivity (Wildman–Crippen MR) is 91.2 cm³/mol. The van der Waals surface area contributed by atoms with Crippen LogP contribution in [0.1, 0.15) is 36.9 Å². The number of aromatic nitrogens is 2. The van der Waals surface area contributed by atoms with E-state index in [2.05, 4.69) is 15.7 Å². The van der Waals surface area contributed by atoms with Crippen LogP contribution in [-0.2, 0) is 23.9 Å². The molecule has 3 fully saturated rings. The molecule has 28 heavy (non-hydrogen) atoms. The summed E-state index contributed by atoms with van der Waals surface area (Å²) in [6, 6.07) is -0.175. The summed E-state index contributed by atoms with van der Waals surface area (Å²) in [5.74, 6) is 0.239. The van der Waals surface area contributed by atoms with Gasteiger partial charge in [-0.1, -0.05) is 0 Å². The summed E-state index contributed by atoms with van der Waals surface area (Å²) in [6.07, 6.45) is -0.216. The lowest BCUT2D eigenvalue weighted by Crippen LogP contribution is -2.70. The zero-order valence-corrected chi connectivity index (χ0v) is 15.3. The van der Waals surface area contributed by atoms with E-state index in [9.17, 15) is 22.8 Å². The lowest BCUT2D eigenvalue weighted by atomic mass is 9.61. The Morgan fingerprint density at radius 3 is 2.71 bits per heavy atom. The second-order valence-corrected chi connectivity index (χ2v) is 8.98. The van der Waals surface area contributed by atoms with Gasteiger partial charge < -0.3 is 15.5 Å². The minimum atomic E-state index is -4.38. The molecule has 10 heteroatoms. The van der Waals surface area contributed by atoms with Crippen molar-refractivity contribution in [2.24, 2.45) is 11.3 Å². The molecule has 1 aromatic rings. The van der Waals surface area contributed by atoms with E-state index in [-0.39, 0.29) is 34.5 Å². The molecule has 3 amide bonds. The van der Waals surface area contributed by atoms with Crippen molar-refractivity contribution in [3.8, 4) is 0 Å². The number of urea groups is 1. The highest BCUT2D eigenvalue weighted by molar-refractivity contribution is 5.81. The number of carbonyl (C=O) groups excluding carboxylic acids is 2. The number of alkyl halides is 3. The summed E-state index contributed by atoms with van der Waals surface area (Å²) in [4.78, 5) is 25.5. The van der Waals surface area contributed by atoms with E-state index in [1.54, 1.807) is 4.90 Å². The number of hydrogen-bond acceptors (Lipinski definition) is 3. The molecule has 152 valence electrons. The van der Waals surface area contributed by atoms with Gasteiger partial charge in [-0.05, 0) is 31.6 Å². The minimum absolute atomic E-state index is 0.0335. The molecular formula is C18H22F3N5O2. The fourth-order valence-corrected chi connectivity index (χ4v) is 5.44. The van der Waals surface area contributed by atoms with Crippen LogP contribution in [0, 0.1) is 11.3 Å². The van der Waals surface area contributed by atoms with Gasteiger partial charge in [0, 0.05) is 38.0 Å². The van der Waals surface area contributed by atoms with Gasteiger partial charge >= 0.3 is 12.2 Å². The van der Waals surface area contributed by atoms with Crippen molar-refractivity contribution in [2.75, 3.05) is 19.6 Å². The minimum Gasteiger partial charge on any atom is -0.347 e. The van der Waals surface area contributed by atoms with E-state index in [4.69, 9.17) is 0 Å². The van der Waals surface area contributed by atoms with Crippen molar-refractivity contribution in [1.29, 1.82) is 0 Å². The average Bonchev–Trinajstić information content (AvgIpc) is 3.06. The van der Waals surface area contributed by atoms with E-state index < -0.39 is 11.7 Å². The van der Waals surface area contributed by atoms with Crippen molar-refractivity contribution in [3.63, 3.8) is 0 Å². The van der Waals surface area contributed by atoms with Crippen LogP contribution in [0.3, 0.4) is 0 Å². The second-order valence-electron chi connectivity index (χ2n) is 8.98. The van der Waals surface area contributed by atoms with Crippen LogP contribution in [0.15, 0.2) is 6.20 Å². The second kappa shape index (κ2) is 5.64. The number of halogens is 3. The van der Waals surface area contributed by atoms with Crippen LogP contribution in [0.25, 0.3) is 0 Å². The molecule has 0 atom stereocenters. The zero-order valence-electron chi connectivity index (χ0n) is 15.3. The Morgan fingerprint density at radius 1 is 1.32 bits per heavy atom. The van der Waals surface area contributed by atoms with Crippen LogP contribution in [-0.4, -0.2) is 51.8 Å². The van der Waals surface area contributed by atoms with Crippen LogP contribution in [0.2, 0.25) is 0 Å². The first-order chi connectivity index (χ1) is 13.2. The Bertz CT molecular complexity index is 837. The number of amides is 3. The van der Waals surface area contributed by atoms with Gasteiger partial charge in [-0.15, -0.1) is 0 Å². The maximum absolute atomic E-state index is 13.2. The Hall–Kier alpha value is -2.26. The fraction of sp³-hybridized carbons (Fsp3) is 0.722. The number of nitrogens with zero attached hydrogens (tertiary/aromatic N) is 3. The highest BCUT2D eigenvalue weighted by atomic mass is 19.4. The van der Waals surface area contributed by atoms with Gasteiger partial charge in [-0.25, -0.2) is 4.79 Å². The zero-order chi connectivity index (χ0) is 19.7. The van der Waals surface area contributed by atoms with Gasteiger partial charge in [0.15, 0.2) is 0 Å². The molecule has 2 saturated heterocycles. The van der Waals surface area contributed by atoms with Crippen molar-refractivity contribution < 1.29 is 22.8 Å². The average molecular weight is 397 g/mol. The van der Waals surface area contributed by atoms with Crippen LogP contribution >= 0.6 is 0 Å². The molecule has 1 aromatic heterocycles. The van der Waals surface area contributed by atoms with Gasteiger partial charge in [0.2, 0.25) is 5.91 Å². The molecular weight excluding hydrogens is 375 g/mol. The molecule has 2 N–H and O–H groups in total. The van der Waals surface area contributed by atoms with Crippen molar-refractivity contribution in [3.05, 3.63) is 17.5 Å². The smallest absolute Gasteiger partial charge is 0.347 e. The molecule has 4 aliphatic heterocycles. The molecule has 0 radical (unpaired) electrons. The first-order valence-electron chi connectivity index (χ1n) is 9.63. The lowest BCUT2D eigenvalue weighted by Gasteiger charge is -2.49. The fourth-order valence-electron chi connectivity index (χ4n) is 5.44. The molecule has 7 nitrogen and oxygen atoms in total. The molecule has 2 bridgehead atoms. The van der Waals surface area contributed by atoms with Gasteiger partial charge in [0.05, 0.1) is 23.0 Å². The van der Waals surface area contributed by atoms with Gasteiger partial charge in [0.1, 0.15) is 0 Å². The van der Waals surface area contributed by atoms with Crippen LogP contribution in [0.5, 0.6) is 0 Å². The summed E-state index contributed by atoms with van der Waals surface area (Å²) in [5.41, 5.74) is -0.854. The van der Waals surface area contributed by atoms with Crippen molar-refractivity contribution in [2.45, 2.75) is 50.4 Å². The van der Waals surface area contributed by atoms with Crippen LogP contribution < -0.4 is 10.6 Å². The van der Waals surface area contributed by atoms with Gasteiger partial charge in [0.25, 0.3) is 0 Å². The van der Waals surface area contributed by atoms with E-state index >= 15 is 0 Å². The van der Waals surface area contributed by atoms with Crippen LogP contribution in [0.4, 0.5) is 18.0 Å². The monoisotopic (exact) mass is 397 g/mol. The van der Waals surface area contributed by atoms with E-state index in [1.807, 2.05) is 0 Å². The molecule has 1 aliphatic carbocycles.